The van der Waals surface area contributed by atoms with Crippen molar-refractivity contribution in [3.63, 3.8) is 0 Å². The number of carbonyl (C=O) groups excluding carboxylic acids is 2. The molecule has 0 saturated heterocycles. The number of carbonyl (C=O) groups is 2. The molecule has 0 aliphatic rings. The molecular formula is C19H16O4. The van der Waals surface area contributed by atoms with Gasteiger partial charge < -0.3 is 9.47 Å². The maximum absolute atomic E-state index is 11.2. The Kier molecular flexibility index (Phi) is 5.10. The normalized spacial score (nSPS) is 9.78. The summed E-state index contributed by atoms with van der Waals surface area (Å²) in [6, 6.07) is 12.5. The molecule has 0 radical (unpaired) electrons. The summed E-state index contributed by atoms with van der Waals surface area (Å²) in [5, 5.41) is 0. The highest BCUT2D eigenvalue weighted by Gasteiger charge is 2.07. The Balaban J connectivity index is 2.21. The van der Waals surface area contributed by atoms with Crippen molar-refractivity contribution in [2.24, 2.45) is 0 Å². The molecule has 0 aromatic heterocycles. The molecule has 0 bridgehead atoms. The number of ether oxygens (including phenoxy) is 2. The van der Waals surface area contributed by atoms with Gasteiger partial charge in [0, 0.05) is 12.2 Å². The lowest BCUT2D eigenvalue weighted by atomic mass is 10.0. The highest BCUT2D eigenvalue weighted by atomic mass is 16.5. The van der Waals surface area contributed by atoms with Crippen LogP contribution in [0.3, 0.4) is 0 Å². The zero-order valence-corrected chi connectivity index (χ0v) is 12.7. The van der Waals surface area contributed by atoms with Crippen LogP contribution >= 0.6 is 0 Å². The summed E-state index contributed by atoms with van der Waals surface area (Å²) in [7, 11) is 0. The summed E-state index contributed by atoms with van der Waals surface area (Å²) in [6.45, 7) is 8.64. The van der Waals surface area contributed by atoms with Gasteiger partial charge >= 0.3 is 11.9 Å². The Labute approximate surface area is 134 Å². The molecule has 0 unspecified atom stereocenters. The van der Waals surface area contributed by atoms with Crippen molar-refractivity contribution in [3.05, 3.63) is 73.3 Å². The second kappa shape index (κ2) is 7.22. The van der Waals surface area contributed by atoms with E-state index in [1.165, 1.54) is 0 Å². The summed E-state index contributed by atoms with van der Waals surface area (Å²) < 4.78 is 10.1. The lowest BCUT2D eigenvalue weighted by Gasteiger charge is -2.09. The fraction of sp³-hybridized carbons (Fsp3) is 0.0526. The third kappa shape index (κ3) is 4.17. The molecule has 2 rings (SSSR count). The van der Waals surface area contributed by atoms with E-state index in [1.54, 1.807) is 24.3 Å². The summed E-state index contributed by atoms with van der Waals surface area (Å²) >= 11 is 0. The molecule has 116 valence electrons. The maximum Gasteiger partial charge on any atom is 0.335 e. The lowest BCUT2D eigenvalue weighted by molar-refractivity contribution is -0.129. The first-order valence-corrected chi connectivity index (χ1v) is 6.93. The summed E-state index contributed by atoms with van der Waals surface area (Å²) in [6.07, 6.45) is 2.23. The van der Waals surface area contributed by atoms with Crippen LogP contribution in [0.5, 0.6) is 11.5 Å². The summed E-state index contributed by atoms with van der Waals surface area (Å²) in [5.41, 5.74) is 2.91. The van der Waals surface area contributed by atoms with Crippen LogP contribution in [0.2, 0.25) is 0 Å². The maximum atomic E-state index is 11.2. The molecule has 2 aromatic rings. The van der Waals surface area contributed by atoms with Crippen LogP contribution in [0.15, 0.2) is 67.8 Å². The van der Waals surface area contributed by atoms with Crippen molar-refractivity contribution >= 4 is 11.9 Å². The van der Waals surface area contributed by atoms with Gasteiger partial charge in [0.1, 0.15) is 11.5 Å². The molecule has 0 atom stereocenters. The fourth-order valence-corrected chi connectivity index (χ4v) is 2.04. The number of hydrogen-bond acceptors (Lipinski definition) is 4. The van der Waals surface area contributed by atoms with Crippen molar-refractivity contribution in [1.29, 1.82) is 0 Å². The molecule has 4 nitrogen and oxygen atoms in total. The van der Waals surface area contributed by atoms with Gasteiger partial charge in [-0.2, -0.15) is 0 Å². The van der Waals surface area contributed by atoms with E-state index >= 15 is 0 Å². The molecule has 0 saturated carbocycles. The minimum Gasteiger partial charge on any atom is -0.423 e. The minimum atomic E-state index is -0.498. The van der Waals surface area contributed by atoms with E-state index in [0.717, 1.165) is 28.8 Å². The summed E-state index contributed by atoms with van der Waals surface area (Å²) in [4.78, 5) is 22.4. The molecule has 4 heteroatoms. The number of aryl methyl sites for hydroxylation is 1. The molecule has 0 amide bonds. The highest BCUT2D eigenvalue weighted by molar-refractivity contribution is 5.84. The van der Waals surface area contributed by atoms with E-state index in [9.17, 15) is 9.59 Å². The van der Waals surface area contributed by atoms with Crippen molar-refractivity contribution in [2.75, 3.05) is 0 Å². The molecule has 0 aliphatic heterocycles. The second-order valence-electron chi connectivity index (χ2n) is 4.75. The Hall–Kier alpha value is -3.14. The second-order valence-corrected chi connectivity index (χ2v) is 4.75. The van der Waals surface area contributed by atoms with E-state index in [1.807, 2.05) is 25.1 Å². The van der Waals surface area contributed by atoms with E-state index in [0.29, 0.717) is 11.5 Å². The Bertz CT molecular complexity index is 757. The van der Waals surface area contributed by atoms with Crippen LogP contribution in [0.25, 0.3) is 11.1 Å². The standard InChI is InChI=1S/C19H16O4/c1-4-18(20)22-15-8-6-14(7-9-15)17-11-10-16(12-13(17)3)23-19(21)5-2/h4-12H,1-2H2,3H3. The number of esters is 2. The van der Waals surface area contributed by atoms with Gasteiger partial charge in [0.2, 0.25) is 0 Å². The van der Waals surface area contributed by atoms with E-state index < -0.39 is 11.9 Å². The van der Waals surface area contributed by atoms with Crippen molar-refractivity contribution in [2.45, 2.75) is 6.92 Å². The smallest absolute Gasteiger partial charge is 0.335 e. The van der Waals surface area contributed by atoms with Crippen LogP contribution in [-0.2, 0) is 9.59 Å². The molecule has 0 N–H and O–H groups in total. The van der Waals surface area contributed by atoms with E-state index in [-0.39, 0.29) is 0 Å². The predicted octanol–water partition coefficient (Wildman–Crippen LogP) is 3.84. The van der Waals surface area contributed by atoms with E-state index in [2.05, 4.69) is 13.2 Å². The van der Waals surface area contributed by atoms with Gasteiger partial charge in [-0.3, -0.25) is 0 Å². The van der Waals surface area contributed by atoms with Gasteiger partial charge in [-0.1, -0.05) is 31.4 Å². The first-order chi connectivity index (χ1) is 11.0. The Morgan fingerprint density at radius 2 is 1.39 bits per heavy atom. The van der Waals surface area contributed by atoms with Gasteiger partial charge in [0.15, 0.2) is 0 Å². The van der Waals surface area contributed by atoms with Crippen LogP contribution in [0.4, 0.5) is 0 Å². The molecule has 0 spiro atoms. The van der Waals surface area contributed by atoms with Gasteiger partial charge in [-0.25, -0.2) is 9.59 Å². The first-order valence-electron chi connectivity index (χ1n) is 6.93. The quantitative estimate of drug-likeness (QED) is 0.478. The average molecular weight is 308 g/mol. The topological polar surface area (TPSA) is 52.6 Å². The Morgan fingerprint density at radius 3 is 1.91 bits per heavy atom. The molecule has 0 fully saturated rings. The van der Waals surface area contributed by atoms with Crippen LogP contribution in [-0.4, -0.2) is 11.9 Å². The van der Waals surface area contributed by atoms with Gasteiger partial charge in [-0.05, 0) is 47.9 Å². The molecule has 0 heterocycles. The van der Waals surface area contributed by atoms with Crippen molar-refractivity contribution < 1.29 is 19.1 Å². The molecular weight excluding hydrogens is 292 g/mol. The number of hydrogen-bond donors (Lipinski definition) is 0. The zero-order valence-electron chi connectivity index (χ0n) is 12.7. The van der Waals surface area contributed by atoms with Crippen LogP contribution < -0.4 is 9.47 Å². The molecule has 2 aromatic carbocycles. The number of rotatable bonds is 5. The van der Waals surface area contributed by atoms with Crippen LogP contribution in [0.1, 0.15) is 5.56 Å². The lowest BCUT2D eigenvalue weighted by Crippen LogP contribution is -2.03. The van der Waals surface area contributed by atoms with E-state index in [4.69, 9.17) is 9.47 Å². The predicted molar refractivity (Wildman–Crippen MR) is 88.3 cm³/mol. The average Bonchev–Trinajstić information content (AvgIpc) is 2.55. The highest BCUT2D eigenvalue weighted by Crippen LogP contribution is 2.28. The SMILES string of the molecule is C=CC(=O)Oc1ccc(-c2ccc(OC(=O)C=C)cc2C)cc1. The fourth-order valence-electron chi connectivity index (χ4n) is 2.04. The Morgan fingerprint density at radius 1 is 0.870 bits per heavy atom. The summed E-state index contributed by atoms with van der Waals surface area (Å²) in [5.74, 6) is -0.0756. The minimum absolute atomic E-state index is 0.452. The van der Waals surface area contributed by atoms with Gasteiger partial charge in [0.25, 0.3) is 0 Å². The molecule has 23 heavy (non-hydrogen) atoms. The first kappa shape index (κ1) is 16.2. The van der Waals surface area contributed by atoms with Gasteiger partial charge in [-0.15, -0.1) is 0 Å². The third-order valence-corrected chi connectivity index (χ3v) is 3.13. The van der Waals surface area contributed by atoms with Crippen molar-refractivity contribution in [1.82, 2.24) is 0 Å². The largest absolute Gasteiger partial charge is 0.423 e. The van der Waals surface area contributed by atoms with Crippen molar-refractivity contribution in [3.8, 4) is 22.6 Å². The van der Waals surface area contributed by atoms with Gasteiger partial charge in [0.05, 0.1) is 0 Å². The van der Waals surface area contributed by atoms with Crippen LogP contribution in [0, 0.1) is 6.92 Å². The monoisotopic (exact) mass is 308 g/mol. The number of benzene rings is 2. The third-order valence-electron chi connectivity index (χ3n) is 3.13. The zero-order chi connectivity index (χ0) is 16.8. The molecule has 0 aliphatic carbocycles.